The van der Waals surface area contributed by atoms with Gasteiger partial charge < -0.3 is 0 Å². The van der Waals surface area contributed by atoms with E-state index in [1.807, 2.05) is 6.07 Å². The largest absolute Gasteiger partial charge is 0.294 e. The fraction of sp³-hybridized carbons (Fsp3) is 0.333. The van der Waals surface area contributed by atoms with Gasteiger partial charge in [0.25, 0.3) is 5.92 Å². The van der Waals surface area contributed by atoms with Gasteiger partial charge in [0, 0.05) is 5.56 Å². The van der Waals surface area contributed by atoms with Crippen LogP contribution >= 0.6 is 0 Å². The van der Waals surface area contributed by atoms with Gasteiger partial charge in [-0.05, 0) is 31.4 Å². The summed E-state index contributed by atoms with van der Waals surface area (Å²) in [5.74, 6) is -2.78. The van der Waals surface area contributed by atoms with Crippen LogP contribution in [0.25, 0.3) is 0 Å². The molecule has 0 atom stereocenters. The maximum absolute atomic E-state index is 13.8. The van der Waals surface area contributed by atoms with Gasteiger partial charge in [0.15, 0.2) is 0 Å². The summed E-state index contributed by atoms with van der Waals surface area (Å²) >= 11 is 0. The number of hydrogen-bond acceptors (Lipinski definition) is 0. The molecule has 2 heteroatoms. The molecule has 0 spiro atoms. The molecule has 0 aliphatic heterocycles. The summed E-state index contributed by atoms with van der Waals surface area (Å²) in [6.45, 7) is 3.30. The second-order valence-corrected chi connectivity index (χ2v) is 3.81. The van der Waals surface area contributed by atoms with E-state index in [2.05, 4.69) is 0 Å². The molecule has 14 heavy (non-hydrogen) atoms. The molecule has 0 saturated heterocycles. The molecule has 0 fully saturated rings. The van der Waals surface area contributed by atoms with Crippen LogP contribution in [0.5, 0.6) is 0 Å². The summed E-state index contributed by atoms with van der Waals surface area (Å²) in [4.78, 5) is 0. The van der Waals surface area contributed by atoms with Gasteiger partial charge in [-0.25, -0.2) is 0 Å². The van der Waals surface area contributed by atoms with Gasteiger partial charge in [0.05, 0.1) is 0 Å². The minimum atomic E-state index is -2.78. The lowest BCUT2D eigenvalue weighted by molar-refractivity contribution is 0.0334. The topological polar surface area (TPSA) is 0 Å². The summed E-state index contributed by atoms with van der Waals surface area (Å²) in [7, 11) is 0. The molecule has 0 unspecified atom stereocenters. The Balaban J connectivity index is 2.64. The van der Waals surface area contributed by atoms with Crippen molar-refractivity contribution in [2.24, 2.45) is 0 Å². The Labute approximate surface area is 82.3 Å². The molecule has 0 saturated carbocycles. The van der Waals surface area contributed by atoms with Crippen molar-refractivity contribution >= 4 is 0 Å². The summed E-state index contributed by atoms with van der Waals surface area (Å²) in [5, 5.41) is 0. The second kappa shape index (κ2) is 2.91. The second-order valence-electron chi connectivity index (χ2n) is 3.81. The normalized spacial score (nSPS) is 19.4. The van der Waals surface area contributed by atoms with Gasteiger partial charge in [-0.2, -0.15) is 8.78 Å². The Morgan fingerprint density at radius 2 is 1.79 bits per heavy atom. The molecule has 74 valence electrons. The van der Waals surface area contributed by atoms with E-state index in [0.29, 0.717) is 6.42 Å². The van der Waals surface area contributed by atoms with Crippen LogP contribution < -0.4 is 0 Å². The summed E-state index contributed by atoms with van der Waals surface area (Å²) in [6, 6.07) is 6.77. The van der Waals surface area contributed by atoms with Gasteiger partial charge in [-0.1, -0.05) is 29.8 Å². The summed E-state index contributed by atoms with van der Waals surface area (Å²) < 4.78 is 27.6. The lowest BCUT2D eigenvalue weighted by Crippen LogP contribution is -2.23. The number of halogens is 2. The van der Waals surface area contributed by atoms with Crippen molar-refractivity contribution in [3.05, 3.63) is 46.5 Å². The number of alkyl halides is 2. The van der Waals surface area contributed by atoms with Crippen LogP contribution in [0, 0.1) is 0 Å². The predicted octanol–water partition coefficient (Wildman–Crippen LogP) is 3.67. The molecule has 0 bridgehead atoms. The molecule has 0 amide bonds. The maximum atomic E-state index is 13.8. The van der Waals surface area contributed by atoms with Gasteiger partial charge in [0.1, 0.15) is 0 Å². The van der Waals surface area contributed by atoms with Gasteiger partial charge in [-0.3, -0.25) is 0 Å². The van der Waals surface area contributed by atoms with Crippen molar-refractivity contribution in [2.75, 3.05) is 0 Å². The smallest absolute Gasteiger partial charge is 0.196 e. The molecule has 1 aliphatic carbocycles. The standard InChI is InChI=1S/C12H12F2/c1-8-7-10-5-3-4-6-11(10)12(13,14)9(8)2/h3-6H,7H2,1-2H3. The van der Waals surface area contributed by atoms with E-state index >= 15 is 0 Å². The number of allylic oxidation sites excluding steroid dienone is 2. The number of rotatable bonds is 0. The zero-order chi connectivity index (χ0) is 10.3. The highest BCUT2D eigenvalue weighted by Crippen LogP contribution is 2.43. The van der Waals surface area contributed by atoms with Crippen molar-refractivity contribution in [3.8, 4) is 0 Å². The molecule has 0 nitrogen and oxygen atoms in total. The molecule has 1 aliphatic rings. The maximum Gasteiger partial charge on any atom is 0.294 e. The molecule has 0 radical (unpaired) electrons. The van der Waals surface area contributed by atoms with E-state index in [1.165, 1.54) is 13.0 Å². The Kier molecular flexibility index (Phi) is 1.95. The molecule has 0 N–H and O–H groups in total. The summed E-state index contributed by atoms with van der Waals surface area (Å²) in [5.41, 5.74) is 1.91. The van der Waals surface area contributed by atoms with Crippen molar-refractivity contribution in [2.45, 2.75) is 26.2 Å². The highest BCUT2D eigenvalue weighted by molar-refractivity contribution is 5.44. The minimum Gasteiger partial charge on any atom is -0.196 e. The zero-order valence-corrected chi connectivity index (χ0v) is 8.27. The molecule has 0 aromatic heterocycles. The first-order chi connectivity index (χ1) is 6.53. The number of hydrogen-bond donors (Lipinski definition) is 0. The third-order valence-electron chi connectivity index (χ3n) is 2.92. The third kappa shape index (κ3) is 1.17. The fourth-order valence-corrected chi connectivity index (χ4v) is 1.87. The van der Waals surface area contributed by atoms with Crippen LogP contribution in [-0.2, 0) is 12.3 Å². The highest BCUT2D eigenvalue weighted by Gasteiger charge is 2.39. The fourth-order valence-electron chi connectivity index (χ4n) is 1.87. The monoisotopic (exact) mass is 194 g/mol. The highest BCUT2D eigenvalue weighted by atomic mass is 19.3. The summed E-state index contributed by atoms with van der Waals surface area (Å²) in [6.07, 6.45) is 0.650. The minimum absolute atomic E-state index is 0.170. The first kappa shape index (κ1) is 9.38. The van der Waals surface area contributed by atoms with Crippen LogP contribution in [0.15, 0.2) is 35.4 Å². The average molecular weight is 194 g/mol. The van der Waals surface area contributed by atoms with Crippen molar-refractivity contribution < 1.29 is 8.78 Å². The number of fused-ring (bicyclic) bond motifs is 1. The van der Waals surface area contributed by atoms with Gasteiger partial charge >= 0.3 is 0 Å². The molecular weight excluding hydrogens is 182 g/mol. The van der Waals surface area contributed by atoms with Crippen LogP contribution in [0.1, 0.15) is 25.0 Å². The zero-order valence-electron chi connectivity index (χ0n) is 8.27. The average Bonchev–Trinajstić information content (AvgIpc) is 2.15. The first-order valence-corrected chi connectivity index (χ1v) is 4.66. The van der Waals surface area contributed by atoms with E-state index in [9.17, 15) is 8.78 Å². The van der Waals surface area contributed by atoms with E-state index in [1.54, 1.807) is 19.1 Å². The molecule has 1 aromatic carbocycles. The molecule has 2 rings (SSSR count). The van der Waals surface area contributed by atoms with Gasteiger partial charge in [-0.15, -0.1) is 0 Å². The van der Waals surface area contributed by atoms with Crippen LogP contribution in [0.3, 0.4) is 0 Å². The van der Waals surface area contributed by atoms with E-state index in [4.69, 9.17) is 0 Å². The van der Waals surface area contributed by atoms with Gasteiger partial charge in [0.2, 0.25) is 0 Å². The Hall–Kier alpha value is -1.18. The van der Waals surface area contributed by atoms with Crippen molar-refractivity contribution in [1.29, 1.82) is 0 Å². The predicted molar refractivity (Wildman–Crippen MR) is 52.4 cm³/mol. The molecular formula is C12H12F2. The first-order valence-electron chi connectivity index (χ1n) is 4.66. The van der Waals surface area contributed by atoms with E-state index < -0.39 is 5.92 Å². The van der Waals surface area contributed by atoms with Crippen LogP contribution in [-0.4, -0.2) is 0 Å². The lowest BCUT2D eigenvalue weighted by atomic mass is 9.84. The van der Waals surface area contributed by atoms with E-state index in [-0.39, 0.29) is 11.1 Å². The number of benzene rings is 1. The van der Waals surface area contributed by atoms with Crippen molar-refractivity contribution in [1.82, 2.24) is 0 Å². The SMILES string of the molecule is CC1=C(C)C(F)(F)c2ccccc2C1. The lowest BCUT2D eigenvalue weighted by Gasteiger charge is -2.27. The Bertz CT molecular complexity index is 403. The van der Waals surface area contributed by atoms with Crippen LogP contribution in [0.4, 0.5) is 8.78 Å². The van der Waals surface area contributed by atoms with Crippen LogP contribution in [0.2, 0.25) is 0 Å². The third-order valence-corrected chi connectivity index (χ3v) is 2.92. The van der Waals surface area contributed by atoms with E-state index in [0.717, 1.165) is 11.1 Å². The quantitative estimate of drug-likeness (QED) is 0.553. The Morgan fingerprint density at radius 1 is 1.14 bits per heavy atom. The molecule has 1 aromatic rings. The Morgan fingerprint density at radius 3 is 2.50 bits per heavy atom. The van der Waals surface area contributed by atoms with Crippen molar-refractivity contribution in [3.63, 3.8) is 0 Å². The molecule has 0 heterocycles.